The normalized spacial score (nSPS) is 19.7. The number of nitrogens with zero attached hydrogens (tertiary/aromatic N) is 2. The maximum Gasteiger partial charge on any atom is 0.308 e. The molecule has 0 spiro atoms. The molecular weight excluding hydrogens is 424 g/mol. The molecule has 1 saturated heterocycles. The zero-order valence-corrected chi connectivity index (χ0v) is 19.4. The van der Waals surface area contributed by atoms with Gasteiger partial charge in [0, 0.05) is 31.8 Å². The van der Waals surface area contributed by atoms with Crippen LogP contribution in [0.5, 0.6) is 0 Å². The molecule has 33 heavy (non-hydrogen) atoms. The first-order valence-electron chi connectivity index (χ1n) is 11.8. The molecule has 2 aliphatic heterocycles. The standard InChI is InChI=1S/C25H32N2O6/c1-3-18-13-14-22(33-23(30)15-12-17(2)28)27(18)21(29)11-5-4-8-16-26-24(31)19-9-6-7-10-20(19)25(26)32/h6-7,9-10,18,22H,3-5,8,11-16H2,1-2H3/t18-,22+/m1/s1. The van der Waals surface area contributed by atoms with Crippen molar-refractivity contribution in [3.63, 3.8) is 0 Å². The van der Waals surface area contributed by atoms with E-state index in [9.17, 15) is 24.0 Å². The predicted octanol–water partition coefficient (Wildman–Crippen LogP) is 3.48. The van der Waals surface area contributed by atoms with Crippen molar-refractivity contribution < 1.29 is 28.7 Å². The average molecular weight is 457 g/mol. The lowest BCUT2D eigenvalue weighted by molar-refractivity contribution is -0.164. The summed E-state index contributed by atoms with van der Waals surface area (Å²) in [7, 11) is 0. The molecule has 0 radical (unpaired) electrons. The van der Waals surface area contributed by atoms with Crippen molar-refractivity contribution in [1.82, 2.24) is 9.80 Å². The molecule has 8 heteroatoms. The first-order chi connectivity index (χ1) is 15.8. The van der Waals surface area contributed by atoms with Crippen molar-refractivity contribution in [3.05, 3.63) is 35.4 Å². The minimum atomic E-state index is -0.569. The van der Waals surface area contributed by atoms with E-state index in [1.165, 1.54) is 11.8 Å². The van der Waals surface area contributed by atoms with Gasteiger partial charge in [-0.25, -0.2) is 0 Å². The van der Waals surface area contributed by atoms with E-state index in [0.29, 0.717) is 49.8 Å². The third kappa shape index (κ3) is 5.86. The highest BCUT2D eigenvalue weighted by molar-refractivity contribution is 6.21. The highest BCUT2D eigenvalue weighted by Gasteiger charge is 2.38. The maximum atomic E-state index is 12.9. The molecular formula is C25H32N2O6. The van der Waals surface area contributed by atoms with Crippen molar-refractivity contribution in [3.8, 4) is 0 Å². The zero-order chi connectivity index (χ0) is 24.0. The molecule has 8 nitrogen and oxygen atoms in total. The number of likely N-dealkylation sites (tertiary alicyclic amines) is 1. The number of esters is 1. The first-order valence-corrected chi connectivity index (χ1v) is 11.8. The topological polar surface area (TPSA) is 101 Å². The van der Waals surface area contributed by atoms with Crippen LogP contribution in [0.1, 0.15) is 92.4 Å². The van der Waals surface area contributed by atoms with Gasteiger partial charge in [0.15, 0.2) is 6.23 Å². The van der Waals surface area contributed by atoms with E-state index < -0.39 is 12.2 Å². The fraction of sp³-hybridized carbons (Fsp3) is 0.560. The average Bonchev–Trinajstić information content (AvgIpc) is 3.31. The van der Waals surface area contributed by atoms with Gasteiger partial charge in [0.1, 0.15) is 5.78 Å². The van der Waals surface area contributed by atoms with Crippen LogP contribution >= 0.6 is 0 Å². The van der Waals surface area contributed by atoms with Crippen LogP contribution in [0.2, 0.25) is 0 Å². The van der Waals surface area contributed by atoms with Crippen molar-refractivity contribution in [1.29, 1.82) is 0 Å². The van der Waals surface area contributed by atoms with Crippen LogP contribution in [-0.2, 0) is 19.1 Å². The van der Waals surface area contributed by atoms with Gasteiger partial charge in [-0.3, -0.25) is 24.1 Å². The van der Waals surface area contributed by atoms with E-state index in [1.807, 2.05) is 6.92 Å². The number of ether oxygens (including phenoxy) is 1. The molecule has 1 fully saturated rings. The molecule has 0 N–H and O–H groups in total. The Morgan fingerprint density at radius 2 is 1.61 bits per heavy atom. The molecule has 1 aromatic carbocycles. The van der Waals surface area contributed by atoms with Gasteiger partial charge in [-0.1, -0.05) is 25.5 Å². The van der Waals surface area contributed by atoms with Crippen LogP contribution < -0.4 is 0 Å². The second-order valence-electron chi connectivity index (χ2n) is 8.71. The molecule has 2 aliphatic rings. The lowest BCUT2D eigenvalue weighted by Crippen LogP contribution is -2.43. The Kier molecular flexibility index (Phi) is 8.36. The molecule has 2 atom stereocenters. The predicted molar refractivity (Wildman–Crippen MR) is 120 cm³/mol. The van der Waals surface area contributed by atoms with E-state index in [2.05, 4.69) is 0 Å². The molecule has 0 aliphatic carbocycles. The molecule has 178 valence electrons. The zero-order valence-electron chi connectivity index (χ0n) is 19.4. The fourth-order valence-corrected chi connectivity index (χ4v) is 4.51. The smallest absolute Gasteiger partial charge is 0.308 e. The number of hydrogen-bond donors (Lipinski definition) is 0. The number of hydrogen-bond acceptors (Lipinski definition) is 6. The van der Waals surface area contributed by atoms with Crippen LogP contribution in [-0.4, -0.2) is 58.1 Å². The van der Waals surface area contributed by atoms with Crippen LogP contribution in [0.25, 0.3) is 0 Å². The number of fused-ring (bicyclic) bond motifs is 1. The third-order valence-corrected chi connectivity index (χ3v) is 6.31. The monoisotopic (exact) mass is 456 g/mol. The van der Waals surface area contributed by atoms with E-state index in [-0.39, 0.29) is 42.4 Å². The second-order valence-corrected chi connectivity index (χ2v) is 8.71. The Morgan fingerprint density at radius 1 is 0.939 bits per heavy atom. The Labute approximate surface area is 194 Å². The Hall–Kier alpha value is -3.03. The van der Waals surface area contributed by atoms with Gasteiger partial charge >= 0.3 is 5.97 Å². The highest BCUT2D eigenvalue weighted by atomic mass is 16.6. The number of Topliss-reactive ketones (excluding diaryl/α,β-unsaturated/α-hetero) is 1. The van der Waals surface area contributed by atoms with E-state index >= 15 is 0 Å². The van der Waals surface area contributed by atoms with Gasteiger partial charge in [0.05, 0.1) is 17.5 Å². The van der Waals surface area contributed by atoms with Crippen LogP contribution in [0, 0.1) is 0 Å². The van der Waals surface area contributed by atoms with Gasteiger partial charge < -0.3 is 14.4 Å². The molecule has 0 bridgehead atoms. The number of imide groups is 1. The number of carbonyl (C=O) groups is 5. The maximum absolute atomic E-state index is 12.9. The SMILES string of the molecule is CC[C@@H]1CC[C@H](OC(=O)CCC(C)=O)N1C(=O)CCCCCN1C(=O)c2ccccc2C1=O. The van der Waals surface area contributed by atoms with Crippen molar-refractivity contribution in [2.75, 3.05) is 6.54 Å². The Bertz CT molecular complexity index is 892. The third-order valence-electron chi connectivity index (χ3n) is 6.31. The Balaban J connectivity index is 1.44. The molecule has 1 aromatic rings. The second kappa shape index (κ2) is 11.2. The summed E-state index contributed by atoms with van der Waals surface area (Å²) in [6, 6.07) is 6.86. The number of carbonyl (C=O) groups excluding carboxylic acids is 5. The molecule has 2 heterocycles. The van der Waals surface area contributed by atoms with E-state index in [1.54, 1.807) is 29.2 Å². The summed E-state index contributed by atoms with van der Waals surface area (Å²) in [4.78, 5) is 63.8. The van der Waals surface area contributed by atoms with E-state index in [0.717, 1.165) is 12.8 Å². The van der Waals surface area contributed by atoms with Crippen molar-refractivity contribution in [2.24, 2.45) is 0 Å². The van der Waals surface area contributed by atoms with E-state index in [4.69, 9.17) is 4.74 Å². The summed E-state index contributed by atoms with van der Waals surface area (Å²) < 4.78 is 5.51. The van der Waals surface area contributed by atoms with Crippen LogP contribution in [0.4, 0.5) is 0 Å². The lowest BCUT2D eigenvalue weighted by Gasteiger charge is -2.29. The summed E-state index contributed by atoms with van der Waals surface area (Å²) in [5, 5.41) is 0. The molecule has 3 amide bonds. The first kappa shape index (κ1) is 24.6. The van der Waals surface area contributed by atoms with Gasteiger partial charge in [-0.2, -0.15) is 0 Å². The molecule has 0 unspecified atom stereocenters. The quantitative estimate of drug-likeness (QED) is 0.287. The van der Waals surface area contributed by atoms with Crippen LogP contribution in [0.15, 0.2) is 24.3 Å². The molecule has 3 rings (SSSR count). The number of rotatable bonds is 11. The number of benzene rings is 1. The largest absolute Gasteiger partial charge is 0.441 e. The summed E-state index contributed by atoms with van der Waals surface area (Å²) in [5.41, 5.74) is 0.891. The minimum absolute atomic E-state index is 0.0302. The van der Waals surface area contributed by atoms with Gasteiger partial charge in [-0.15, -0.1) is 0 Å². The summed E-state index contributed by atoms with van der Waals surface area (Å²) in [6.45, 7) is 3.77. The summed E-state index contributed by atoms with van der Waals surface area (Å²) >= 11 is 0. The number of amides is 3. The number of unbranched alkanes of at least 4 members (excludes halogenated alkanes) is 2. The van der Waals surface area contributed by atoms with Crippen molar-refractivity contribution >= 4 is 29.5 Å². The summed E-state index contributed by atoms with van der Waals surface area (Å²) in [5.74, 6) is -1.10. The molecule has 0 aromatic heterocycles. The fourth-order valence-electron chi connectivity index (χ4n) is 4.51. The van der Waals surface area contributed by atoms with Gasteiger partial charge in [-0.05, 0) is 44.7 Å². The highest BCUT2D eigenvalue weighted by Crippen LogP contribution is 2.29. The van der Waals surface area contributed by atoms with Crippen molar-refractivity contribution in [2.45, 2.75) is 83.9 Å². The van der Waals surface area contributed by atoms with Gasteiger partial charge in [0.25, 0.3) is 11.8 Å². The molecule has 0 saturated carbocycles. The summed E-state index contributed by atoms with van der Waals surface area (Å²) in [6.07, 6.45) is 4.05. The minimum Gasteiger partial charge on any atom is -0.441 e. The lowest BCUT2D eigenvalue weighted by atomic mass is 10.1. The Morgan fingerprint density at radius 3 is 2.21 bits per heavy atom. The van der Waals surface area contributed by atoms with Crippen LogP contribution in [0.3, 0.4) is 0 Å². The van der Waals surface area contributed by atoms with Gasteiger partial charge in [0.2, 0.25) is 5.91 Å². The number of ketones is 1.